The summed E-state index contributed by atoms with van der Waals surface area (Å²) in [5, 5.41) is 6.06. The lowest BCUT2D eigenvalue weighted by Crippen LogP contribution is -2.50. The summed E-state index contributed by atoms with van der Waals surface area (Å²) in [4.78, 5) is 40.8. The summed E-state index contributed by atoms with van der Waals surface area (Å²) in [6, 6.07) is 7.75. The van der Waals surface area contributed by atoms with Crippen LogP contribution in [0.4, 0.5) is 0 Å². The minimum absolute atomic E-state index is 0.0379. The molecule has 4 atom stereocenters. The van der Waals surface area contributed by atoms with Gasteiger partial charge in [0.05, 0.1) is 12.5 Å². The Kier molecular flexibility index (Phi) is 13.1. The summed E-state index contributed by atoms with van der Waals surface area (Å²) < 4.78 is 5.21. The number of amides is 3. The zero-order valence-corrected chi connectivity index (χ0v) is 23.7. The van der Waals surface area contributed by atoms with E-state index in [0.717, 1.165) is 24.8 Å². The second-order valence-electron chi connectivity index (χ2n) is 10.3. The molecule has 4 N–H and O–H groups in total. The van der Waals surface area contributed by atoms with E-state index in [0.29, 0.717) is 49.5 Å². The van der Waals surface area contributed by atoms with E-state index in [4.69, 9.17) is 10.2 Å². The lowest BCUT2D eigenvalue weighted by atomic mass is 9.92. The van der Waals surface area contributed by atoms with Crippen molar-refractivity contribution in [2.45, 2.75) is 78.8 Å². The van der Waals surface area contributed by atoms with E-state index in [1.165, 1.54) is 0 Å². The quantitative estimate of drug-likeness (QED) is 0.300. The van der Waals surface area contributed by atoms with Gasteiger partial charge in [-0.05, 0) is 61.4 Å². The molecule has 1 aromatic heterocycles. The molecule has 3 amide bonds. The fraction of sp³-hybridized carbons (Fsp3) is 0.567. The number of benzene rings is 1. The standard InChI is InChI=1S/C30H46N4O4/c1-6-13-34(14-7-2)30(37)25-11-9-10-24(18-25)29(36)33-27(17-23-12-15-38-20-23)26(31)16-22(5)28(35)32-19-21(4)8-3/h9-12,15,18,20-22,26-27H,6-8,13-14,16-17,19,31H2,1-5H3,(H,32,35)(H,33,36)/t21-,22+,26-,27-/m0/s1. The number of nitrogens with one attached hydrogen (secondary N) is 2. The minimum atomic E-state index is -0.465. The van der Waals surface area contributed by atoms with Gasteiger partial charge >= 0.3 is 0 Å². The third kappa shape index (κ3) is 9.63. The highest BCUT2D eigenvalue weighted by Gasteiger charge is 2.26. The van der Waals surface area contributed by atoms with Gasteiger partial charge in [-0.25, -0.2) is 0 Å². The molecule has 8 nitrogen and oxygen atoms in total. The Balaban J connectivity index is 2.15. The maximum absolute atomic E-state index is 13.3. The molecule has 0 fully saturated rings. The Labute approximate surface area is 227 Å². The molecule has 0 bridgehead atoms. The van der Waals surface area contributed by atoms with Gasteiger partial charge in [-0.2, -0.15) is 0 Å². The number of furan rings is 1. The molecule has 8 heteroatoms. The van der Waals surface area contributed by atoms with E-state index in [-0.39, 0.29) is 23.6 Å². The maximum Gasteiger partial charge on any atom is 0.253 e. The zero-order valence-electron chi connectivity index (χ0n) is 23.7. The third-order valence-corrected chi connectivity index (χ3v) is 6.91. The van der Waals surface area contributed by atoms with Crippen molar-refractivity contribution in [3.63, 3.8) is 0 Å². The molecule has 0 radical (unpaired) electrons. The summed E-state index contributed by atoms with van der Waals surface area (Å²) in [7, 11) is 0. The van der Waals surface area contributed by atoms with Gasteiger partial charge in [-0.15, -0.1) is 0 Å². The lowest BCUT2D eigenvalue weighted by Gasteiger charge is -2.27. The predicted molar refractivity (Wildman–Crippen MR) is 151 cm³/mol. The topological polar surface area (TPSA) is 118 Å². The minimum Gasteiger partial charge on any atom is -0.472 e. The fourth-order valence-electron chi connectivity index (χ4n) is 4.33. The first-order valence-electron chi connectivity index (χ1n) is 13.9. The van der Waals surface area contributed by atoms with Gasteiger partial charge in [0, 0.05) is 48.8 Å². The van der Waals surface area contributed by atoms with Crippen LogP contribution in [0.25, 0.3) is 0 Å². The molecule has 0 saturated carbocycles. The molecule has 0 unspecified atom stereocenters. The van der Waals surface area contributed by atoms with Crippen LogP contribution in [0.5, 0.6) is 0 Å². The summed E-state index contributed by atoms with van der Waals surface area (Å²) >= 11 is 0. The third-order valence-electron chi connectivity index (χ3n) is 6.91. The molecule has 2 aromatic rings. The number of carbonyl (C=O) groups excluding carboxylic acids is 3. The summed E-state index contributed by atoms with van der Waals surface area (Å²) in [6.07, 6.45) is 6.82. The Morgan fingerprint density at radius 1 is 1.03 bits per heavy atom. The van der Waals surface area contributed by atoms with E-state index >= 15 is 0 Å². The average Bonchev–Trinajstić information content (AvgIpc) is 3.43. The monoisotopic (exact) mass is 526 g/mol. The first-order valence-corrected chi connectivity index (χ1v) is 13.9. The van der Waals surface area contributed by atoms with Crippen LogP contribution < -0.4 is 16.4 Å². The van der Waals surface area contributed by atoms with Crippen molar-refractivity contribution in [3.05, 3.63) is 59.5 Å². The van der Waals surface area contributed by atoms with E-state index < -0.39 is 12.1 Å². The number of rotatable bonds is 16. The molecule has 0 saturated heterocycles. The Morgan fingerprint density at radius 3 is 2.32 bits per heavy atom. The Bertz CT molecular complexity index is 1000. The summed E-state index contributed by atoms with van der Waals surface area (Å²) in [5.41, 5.74) is 8.37. The normalized spacial score (nSPS) is 14.3. The number of carbonyl (C=O) groups is 3. The van der Waals surface area contributed by atoms with Gasteiger partial charge in [0.15, 0.2) is 0 Å². The predicted octanol–water partition coefficient (Wildman–Crippen LogP) is 4.40. The molecule has 0 aliphatic rings. The molecule has 1 aromatic carbocycles. The summed E-state index contributed by atoms with van der Waals surface area (Å²) in [6.45, 7) is 12.1. The molecule has 2 rings (SSSR count). The van der Waals surface area contributed by atoms with Crippen LogP contribution in [0, 0.1) is 11.8 Å². The van der Waals surface area contributed by atoms with Gasteiger partial charge in [0.2, 0.25) is 5.91 Å². The average molecular weight is 527 g/mol. The van der Waals surface area contributed by atoms with Crippen molar-refractivity contribution in [2.75, 3.05) is 19.6 Å². The van der Waals surface area contributed by atoms with Crippen molar-refractivity contribution in [2.24, 2.45) is 17.6 Å². The first-order chi connectivity index (χ1) is 18.2. The van der Waals surface area contributed by atoms with Gasteiger partial charge in [-0.1, -0.05) is 47.1 Å². The smallest absolute Gasteiger partial charge is 0.253 e. The van der Waals surface area contributed by atoms with Crippen LogP contribution >= 0.6 is 0 Å². The molecular weight excluding hydrogens is 480 g/mol. The van der Waals surface area contributed by atoms with E-state index in [1.807, 2.05) is 31.7 Å². The van der Waals surface area contributed by atoms with Crippen LogP contribution in [-0.4, -0.2) is 54.3 Å². The van der Waals surface area contributed by atoms with Crippen molar-refractivity contribution in [1.82, 2.24) is 15.5 Å². The van der Waals surface area contributed by atoms with Gasteiger partial charge in [-0.3, -0.25) is 14.4 Å². The largest absolute Gasteiger partial charge is 0.472 e. The summed E-state index contributed by atoms with van der Waals surface area (Å²) in [5.74, 6) is -0.320. The number of nitrogens with two attached hydrogens (primary N) is 1. The Hall–Kier alpha value is -3.13. The maximum atomic E-state index is 13.3. The van der Waals surface area contributed by atoms with Gasteiger partial charge < -0.3 is 25.7 Å². The fourth-order valence-corrected chi connectivity index (χ4v) is 4.33. The number of nitrogens with zero attached hydrogens (tertiary/aromatic N) is 1. The van der Waals surface area contributed by atoms with Crippen LogP contribution in [-0.2, 0) is 11.2 Å². The highest BCUT2D eigenvalue weighted by atomic mass is 16.3. The van der Waals surface area contributed by atoms with Crippen molar-refractivity contribution in [3.8, 4) is 0 Å². The van der Waals surface area contributed by atoms with Crippen LogP contribution in [0.2, 0.25) is 0 Å². The molecule has 1 heterocycles. The first kappa shape index (κ1) is 31.1. The van der Waals surface area contributed by atoms with Crippen molar-refractivity contribution >= 4 is 17.7 Å². The highest BCUT2D eigenvalue weighted by Crippen LogP contribution is 2.15. The van der Waals surface area contributed by atoms with Crippen LogP contribution in [0.3, 0.4) is 0 Å². The second-order valence-corrected chi connectivity index (χ2v) is 10.3. The van der Waals surface area contributed by atoms with E-state index in [9.17, 15) is 14.4 Å². The van der Waals surface area contributed by atoms with Crippen molar-refractivity contribution in [1.29, 1.82) is 0 Å². The molecule has 38 heavy (non-hydrogen) atoms. The van der Waals surface area contributed by atoms with Crippen LogP contribution in [0.1, 0.15) is 86.6 Å². The lowest BCUT2D eigenvalue weighted by molar-refractivity contribution is -0.125. The molecule has 0 aliphatic heterocycles. The Morgan fingerprint density at radius 2 is 1.71 bits per heavy atom. The molecule has 0 aliphatic carbocycles. The van der Waals surface area contributed by atoms with Crippen molar-refractivity contribution < 1.29 is 18.8 Å². The number of hydrogen-bond acceptors (Lipinski definition) is 5. The zero-order chi connectivity index (χ0) is 28.1. The molecule has 0 spiro atoms. The van der Waals surface area contributed by atoms with E-state index in [2.05, 4.69) is 24.5 Å². The molecule has 210 valence electrons. The highest BCUT2D eigenvalue weighted by molar-refractivity contribution is 5.99. The van der Waals surface area contributed by atoms with E-state index in [1.54, 1.807) is 36.8 Å². The SMILES string of the molecule is CCCN(CCC)C(=O)c1cccc(C(=O)N[C@@H](Cc2ccoc2)[C@@H](N)C[C@@H](C)C(=O)NC[C@@H](C)CC)c1. The van der Waals surface area contributed by atoms with Crippen LogP contribution in [0.15, 0.2) is 47.3 Å². The number of hydrogen-bond donors (Lipinski definition) is 3. The van der Waals surface area contributed by atoms with Gasteiger partial charge in [0.1, 0.15) is 0 Å². The molecular formula is C30H46N4O4. The van der Waals surface area contributed by atoms with Gasteiger partial charge in [0.25, 0.3) is 11.8 Å². The second kappa shape index (κ2) is 16.0.